The van der Waals surface area contributed by atoms with Gasteiger partial charge in [-0.2, -0.15) is 5.26 Å². The Balaban J connectivity index is 1.84. The summed E-state index contributed by atoms with van der Waals surface area (Å²) in [6.45, 7) is 0.685. The van der Waals surface area contributed by atoms with Crippen molar-refractivity contribution in [1.82, 2.24) is 5.32 Å². The predicted molar refractivity (Wildman–Crippen MR) is 70.4 cm³/mol. The lowest BCUT2D eigenvalue weighted by atomic mass is 10.2. The number of carbonyl (C=O) groups excluding carboxylic acids is 1. The molecule has 0 radical (unpaired) electrons. The lowest BCUT2D eigenvalue weighted by Gasteiger charge is -2.07. The van der Waals surface area contributed by atoms with E-state index in [4.69, 9.17) is 16.9 Å². The molecular weight excluding hydrogens is 250 g/mol. The Morgan fingerprint density at radius 3 is 2.89 bits per heavy atom. The summed E-state index contributed by atoms with van der Waals surface area (Å²) >= 11 is 5.97. The average molecular weight is 264 g/mol. The third-order valence-corrected chi connectivity index (χ3v) is 3.05. The van der Waals surface area contributed by atoms with Crippen molar-refractivity contribution in [2.45, 2.75) is 25.3 Å². The van der Waals surface area contributed by atoms with Gasteiger partial charge in [-0.25, -0.2) is 0 Å². The molecule has 0 atom stereocenters. The van der Waals surface area contributed by atoms with Crippen molar-refractivity contribution in [1.29, 1.82) is 5.26 Å². The van der Waals surface area contributed by atoms with Crippen molar-refractivity contribution in [2.75, 3.05) is 11.9 Å². The second-order valence-electron chi connectivity index (χ2n) is 4.33. The van der Waals surface area contributed by atoms with Gasteiger partial charge in [0.2, 0.25) is 5.91 Å². The van der Waals surface area contributed by atoms with Crippen molar-refractivity contribution in [3.63, 3.8) is 0 Å². The van der Waals surface area contributed by atoms with E-state index in [1.165, 1.54) is 12.8 Å². The van der Waals surface area contributed by atoms with Crippen LogP contribution in [0.4, 0.5) is 5.69 Å². The van der Waals surface area contributed by atoms with Crippen molar-refractivity contribution < 1.29 is 4.79 Å². The molecule has 0 saturated heterocycles. The Labute approximate surface area is 111 Å². The van der Waals surface area contributed by atoms with Crippen LogP contribution in [-0.2, 0) is 4.79 Å². The molecule has 1 saturated carbocycles. The fraction of sp³-hybridized carbons (Fsp3) is 0.385. The summed E-state index contributed by atoms with van der Waals surface area (Å²) in [7, 11) is 0. The number of halogens is 1. The first-order chi connectivity index (χ1) is 8.69. The summed E-state index contributed by atoms with van der Waals surface area (Å²) in [6, 6.07) is 7.42. The Kier molecular flexibility index (Phi) is 4.19. The van der Waals surface area contributed by atoms with Crippen LogP contribution in [0, 0.1) is 11.3 Å². The average Bonchev–Trinajstić information content (AvgIpc) is 3.16. The van der Waals surface area contributed by atoms with E-state index in [1.807, 2.05) is 6.07 Å². The van der Waals surface area contributed by atoms with Gasteiger partial charge in [0.05, 0.1) is 22.3 Å². The highest BCUT2D eigenvalue weighted by Crippen LogP contribution is 2.23. The Hall–Kier alpha value is -1.57. The highest BCUT2D eigenvalue weighted by atomic mass is 35.5. The zero-order valence-corrected chi connectivity index (χ0v) is 10.6. The van der Waals surface area contributed by atoms with E-state index in [-0.39, 0.29) is 5.91 Å². The number of amides is 1. The maximum Gasteiger partial charge on any atom is 0.225 e. The van der Waals surface area contributed by atoms with Gasteiger partial charge in [-0.3, -0.25) is 4.79 Å². The summed E-state index contributed by atoms with van der Waals surface area (Å²) in [5, 5.41) is 15.1. The lowest BCUT2D eigenvalue weighted by Crippen LogP contribution is -2.23. The van der Waals surface area contributed by atoms with E-state index in [9.17, 15) is 4.79 Å². The smallest absolute Gasteiger partial charge is 0.225 e. The minimum absolute atomic E-state index is 0.0743. The molecule has 0 aromatic heterocycles. The van der Waals surface area contributed by atoms with Gasteiger partial charge < -0.3 is 10.6 Å². The number of nitrogens with zero attached hydrogens (tertiary/aromatic N) is 1. The molecule has 2 N–H and O–H groups in total. The minimum Gasteiger partial charge on any atom is -0.325 e. The van der Waals surface area contributed by atoms with E-state index in [1.54, 1.807) is 18.2 Å². The molecule has 1 aromatic rings. The molecule has 94 valence electrons. The quantitative estimate of drug-likeness (QED) is 0.857. The number of rotatable bonds is 5. The molecule has 1 aliphatic carbocycles. The summed E-state index contributed by atoms with van der Waals surface area (Å²) < 4.78 is 0. The third kappa shape index (κ3) is 3.73. The zero-order chi connectivity index (χ0) is 13.0. The van der Waals surface area contributed by atoms with Crippen molar-refractivity contribution >= 4 is 23.2 Å². The Bertz CT molecular complexity index is 491. The van der Waals surface area contributed by atoms with Crippen molar-refractivity contribution in [3.8, 4) is 6.07 Å². The Morgan fingerprint density at radius 2 is 2.28 bits per heavy atom. The molecular formula is C13H14ClN3O. The van der Waals surface area contributed by atoms with Gasteiger partial charge in [-0.1, -0.05) is 11.6 Å². The van der Waals surface area contributed by atoms with Gasteiger partial charge in [0.1, 0.15) is 0 Å². The van der Waals surface area contributed by atoms with Gasteiger partial charge in [-0.05, 0) is 31.0 Å². The van der Waals surface area contributed by atoms with Crippen LogP contribution in [-0.4, -0.2) is 18.5 Å². The normalized spacial score (nSPS) is 14.0. The van der Waals surface area contributed by atoms with Crippen LogP contribution in [0.2, 0.25) is 5.02 Å². The van der Waals surface area contributed by atoms with Gasteiger partial charge in [-0.15, -0.1) is 0 Å². The lowest BCUT2D eigenvalue weighted by molar-refractivity contribution is -0.116. The molecule has 5 heteroatoms. The highest BCUT2D eigenvalue weighted by Gasteiger charge is 2.20. The molecule has 2 rings (SSSR count). The first-order valence-corrected chi connectivity index (χ1v) is 6.29. The van der Waals surface area contributed by atoms with Crippen LogP contribution in [0.5, 0.6) is 0 Å². The molecule has 1 fully saturated rings. The van der Waals surface area contributed by atoms with E-state index >= 15 is 0 Å². The molecule has 1 aliphatic rings. The molecule has 18 heavy (non-hydrogen) atoms. The summed E-state index contributed by atoms with van der Waals surface area (Å²) in [6.07, 6.45) is 2.85. The zero-order valence-electron chi connectivity index (χ0n) is 9.87. The van der Waals surface area contributed by atoms with Crippen LogP contribution in [0.3, 0.4) is 0 Å². The topological polar surface area (TPSA) is 64.9 Å². The minimum atomic E-state index is -0.0743. The van der Waals surface area contributed by atoms with Gasteiger partial charge in [0.25, 0.3) is 0 Å². The van der Waals surface area contributed by atoms with Gasteiger partial charge in [0, 0.05) is 19.0 Å². The van der Waals surface area contributed by atoms with Crippen LogP contribution in [0.25, 0.3) is 0 Å². The van der Waals surface area contributed by atoms with E-state index in [0.717, 1.165) is 0 Å². The maximum atomic E-state index is 11.6. The number of benzene rings is 1. The van der Waals surface area contributed by atoms with Gasteiger partial charge in [0.15, 0.2) is 0 Å². The highest BCUT2D eigenvalue weighted by molar-refractivity contribution is 6.33. The fourth-order valence-electron chi connectivity index (χ4n) is 1.58. The van der Waals surface area contributed by atoms with E-state index in [0.29, 0.717) is 35.3 Å². The third-order valence-electron chi connectivity index (χ3n) is 2.73. The van der Waals surface area contributed by atoms with Crippen molar-refractivity contribution in [2.24, 2.45) is 0 Å². The molecule has 0 spiro atoms. The van der Waals surface area contributed by atoms with Crippen LogP contribution >= 0.6 is 11.6 Å². The van der Waals surface area contributed by atoms with E-state index < -0.39 is 0 Å². The van der Waals surface area contributed by atoms with Crippen LogP contribution in [0.1, 0.15) is 24.8 Å². The number of hydrogen-bond acceptors (Lipinski definition) is 3. The second-order valence-corrected chi connectivity index (χ2v) is 4.74. The maximum absolute atomic E-state index is 11.6. The summed E-state index contributed by atoms with van der Waals surface area (Å²) in [5.74, 6) is -0.0743. The standard InChI is InChI=1S/C13H14ClN3O/c14-11-7-9(8-15)1-4-12(11)17-13(18)5-6-16-10-2-3-10/h1,4,7,10,16H,2-3,5-6H2,(H,17,18). The number of nitrogens with one attached hydrogen (secondary N) is 2. The molecule has 0 unspecified atom stereocenters. The predicted octanol–water partition coefficient (Wildman–Crippen LogP) is 2.29. The van der Waals surface area contributed by atoms with Gasteiger partial charge >= 0.3 is 0 Å². The summed E-state index contributed by atoms with van der Waals surface area (Å²) in [5.41, 5.74) is 1.03. The molecule has 0 bridgehead atoms. The van der Waals surface area contributed by atoms with Crippen LogP contribution in [0.15, 0.2) is 18.2 Å². The first kappa shape index (κ1) is 12.9. The molecule has 0 aliphatic heterocycles. The Morgan fingerprint density at radius 1 is 1.50 bits per heavy atom. The number of nitriles is 1. The van der Waals surface area contributed by atoms with Crippen molar-refractivity contribution in [3.05, 3.63) is 28.8 Å². The fourth-order valence-corrected chi connectivity index (χ4v) is 1.80. The number of hydrogen-bond donors (Lipinski definition) is 2. The summed E-state index contributed by atoms with van der Waals surface area (Å²) in [4.78, 5) is 11.6. The SMILES string of the molecule is N#Cc1ccc(NC(=O)CCNC2CC2)c(Cl)c1. The first-order valence-electron chi connectivity index (χ1n) is 5.92. The number of carbonyl (C=O) groups is 1. The van der Waals surface area contributed by atoms with E-state index in [2.05, 4.69) is 10.6 Å². The molecule has 4 nitrogen and oxygen atoms in total. The van der Waals surface area contributed by atoms with Crippen LogP contribution < -0.4 is 10.6 Å². The molecule has 0 heterocycles. The largest absolute Gasteiger partial charge is 0.325 e. The molecule has 1 amide bonds. The molecule has 1 aromatic carbocycles. The monoisotopic (exact) mass is 263 g/mol. The number of anilines is 1. The second kappa shape index (κ2) is 5.85.